The van der Waals surface area contributed by atoms with Gasteiger partial charge >= 0.3 is 0 Å². The number of benzene rings is 1. The van der Waals surface area contributed by atoms with Crippen LogP contribution in [0, 0.1) is 5.92 Å². The Morgan fingerprint density at radius 2 is 2.00 bits per heavy atom. The lowest BCUT2D eigenvalue weighted by atomic mass is 9.90. The van der Waals surface area contributed by atoms with Gasteiger partial charge in [-0.3, -0.25) is 0 Å². The van der Waals surface area contributed by atoms with Crippen molar-refractivity contribution in [3.05, 3.63) is 48.4 Å². The van der Waals surface area contributed by atoms with Crippen LogP contribution in [0.5, 0.6) is 0 Å². The molecule has 2 aromatic rings. The highest BCUT2D eigenvalue weighted by molar-refractivity contribution is 7.89. The van der Waals surface area contributed by atoms with Crippen LogP contribution in [0.3, 0.4) is 0 Å². The van der Waals surface area contributed by atoms with Gasteiger partial charge < -0.3 is 4.57 Å². The first-order chi connectivity index (χ1) is 10.5. The number of halogens is 1. The predicted octanol–water partition coefficient (Wildman–Crippen LogP) is 2.06. The molecule has 0 unspecified atom stereocenters. The minimum atomic E-state index is -3.56. The van der Waals surface area contributed by atoms with Gasteiger partial charge in [0.15, 0.2) is 5.03 Å². The summed E-state index contributed by atoms with van der Waals surface area (Å²) in [7, 11) is -1.80. The molecule has 1 aliphatic rings. The molecule has 2 heterocycles. The third kappa shape index (κ3) is 2.78. The van der Waals surface area contributed by atoms with Crippen LogP contribution < -0.4 is 0 Å². The summed E-state index contributed by atoms with van der Waals surface area (Å²) in [6, 6.07) is 9.95. The molecular formula is C15H18ClN3O2S. The molecule has 1 saturated heterocycles. The van der Waals surface area contributed by atoms with Crippen LogP contribution in [0.2, 0.25) is 0 Å². The number of imidazole rings is 1. The van der Waals surface area contributed by atoms with Gasteiger partial charge in [0.25, 0.3) is 10.0 Å². The minimum Gasteiger partial charge on any atom is -0.339 e. The van der Waals surface area contributed by atoms with E-state index in [2.05, 4.69) is 4.98 Å². The highest BCUT2D eigenvalue weighted by atomic mass is 35.5. The zero-order valence-corrected chi connectivity index (χ0v) is 13.8. The molecule has 5 nitrogen and oxygen atoms in total. The monoisotopic (exact) mass is 339 g/mol. The van der Waals surface area contributed by atoms with Gasteiger partial charge in [-0.05, 0) is 11.5 Å². The summed E-state index contributed by atoms with van der Waals surface area (Å²) in [5.74, 6) is 0.674. The molecule has 0 aliphatic carbocycles. The van der Waals surface area contributed by atoms with Crippen molar-refractivity contribution in [1.29, 1.82) is 0 Å². The molecular weight excluding hydrogens is 322 g/mol. The predicted molar refractivity (Wildman–Crippen MR) is 85.4 cm³/mol. The second-order valence-electron chi connectivity index (χ2n) is 5.63. The third-order valence-corrected chi connectivity index (χ3v) is 6.23. The fourth-order valence-corrected chi connectivity index (χ4v) is 4.72. The van der Waals surface area contributed by atoms with E-state index in [-0.39, 0.29) is 16.9 Å². The summed E-state index contributed by atoms with van der Waals surface area (Å²) < 4.78 is 28.5. The van der Waals surface area contributed by atoms with E-state index in [9.17, 15) is 8.42 Å². The summed E-state index contributed by atoms with van der Waals surface area (Å²) in [5.41, 5.74) is 1.13. The maximum atomic E-state index is 12.7. The van der Waals surface area contributed by atoms with Crippen molar-refractivity contribution >= 4 is 21.6 Å². The van der Waals surface area contributed by atoms with Crippen molar-refractivity contribution < 1.29 is 8.42 Å². The first-order valence-corrected chi connectivity index (χ1v) is 9.09. The highest BCUT2D eigenvalue weighted by Gasteiger charge is 2.40. The van der Waals surface area contributed by atoms with Crippen molar-refractivity contribution in [2.75, 3.05) is 19.0 Å². The standard InChI is InChI=1S/C15H18ClN3O2S/c1-18-10-15(17-11-18)22(20,21)19-8-13(7-16)14(9-19)12-5-3-2-4-6-12/h2-6,10-11,13-14H,7-9H2,1H3/t13-,14+/m1/s1. The van der Waals surface area contributed by atoms with E-state index in [1.807, 2.05) is 30.3 Å². The van der Waals surface area contributed by atoms with Crippen LogP contribution in [-0.2, 0) is 17.1 Å². The third-order valence-electron chi connectivity index (χ3n) is 4.12. The van der Waals surface area contributed by atoms with E-state index in [1.165, 1.54) is 16.8 Å². The highest BCUT2D eigenvalue weighted by Crippen LogP contribution is 2.35. The van der Waals surface area contributed by atoms with E-state index in [4.69, 9.17) is 11.6 Å². The van der Waals surface area contributed by atoms with Crippen LogP contribution in [0.4, 0.5) is 0 Å². The van der Waals surface area contributed by atoms with Crippen LogP contribution in [0.15, 0.2) is 47.9 Å². The van der Waals surface area contributed by atoms with Crippen molar-refractivity contribution in [3.8, 4) is 0 Å². The number of alkyl halides is 1. The SMILES string of the molecule is Cn1cnc(S(=O)(=O)N2C[C@@H](CCl)[C@H](c3ccccc3)C2)c1. The van der Waals surface area contributed by atoms with Gasteiger partial charge in [0.05, 0.1) is 6.33 Å². The number of aromatic nitrogens is 2. The lowest BCUT2D eigenvalue weighted by Gasteiger charge is -2.16. The second-order valence-corrected chi connectivity index (χ2v) is 7.82. The summed E-state index contributed by atoms with van der Waals surface area (Å²) in [5, 5.41) is 0.0945. The lowest BCUT2D eigenvalue weighted by molar-refractivity contribution is 0.462. The van der Waals surface area contributed by atoms with E-state index in [0.717, 1.165) is 5.56 Å². The molecule has 0 amide bonds. The van der Waals surface area contributed by atoms with Gasteiger partial charge in [-0.25, -0.2) is 13.4 Å². The topological polar surface area (TPSA) is 55.2 Å². The van der Waals surface area contributed by atoms with Gasteiger partial charge in [0.2, 0.25) is 0 Å². The zero-order valence-electron chi connectivity index (χ0n) is 12.3. The lowest BCUT2D eigenvalue weighted by Crippen LogP contribution is -2.29. The number of rotatable bonds is 4. The molecule has 0 bridgehead atoms. The molecule has 1 aromatic heterocycles. The molecule has 1 fully saturated rings. The molecule has 22 heavy (non-hydrogen) atoms. The Hall–Kier alpha value is -1.37. The van der Waals surface area contributed by atoms with E-state index in [0.29, 0.717) is 19.0 Å². The Bertz CT molecular complexity index is 745. The van der Waals surface area contributed by atoms with Crippen LogP contribution in [0.25, 0.3) is 0 Å². The van der Waals surface area contributed by atoms with Crippen molar-refractivity contribution in [3.63, 3.8) is 0 Å². The number of hydrogen-bond acceptors (Lipinski definition) is 3. The maximum Gasteiger partial charge on any atom is 0.262 e. The van der Waals surface area contributed by atoms with Gasteiger partial charge in [0, 0.05) is 38.1 Å². The van der Waals surface area contributed by atoms with Crippen molar-refractivity contribution in [2.45, 2.75) is 10.9 Å². The molecule has 3 rings (SSSR count). The van der Waals surface area contributed by atoms with Gasteiger partial charge in [-0.15, -0.1) is 11.6 Å². The molecule has 0 N–H and O–H groups in total. The second kappa shape index (κ2) is 6.02. The zero-order chi connectivity index (χ0) is 15.7. The Balaban J connectivity index is 1.88. The van der Waals surface area contributed by atoms with Crippen molar-refractivity contribution in [2.24, 2.45) is 13.0 Å². The molecule has 118 valence electrons. The van der Waals surface area contributed by atoms with E-state index < -0.39 is 10.0 Å². The van der Waals surface area contributed by atoms with E-state index >= 15 is 0 Å². The molecule has 1 aliphatic heterocycles. The van der Waals surface area contributed by atoms with E-state index in [1.54, 1.807) is 11.6 Å². The smallest absolute Gasteiger partial charge is 0.262 e. The fraction of sp³-hybridized carbons (Fsp3) is 0.400. The summed E-state index contributed by atoms with van der Waals surface area (Å²) in [6.45, 7) is 0.877. The van der Waals surface area contributed by atoms with Crippen molar-refractivity contribution in [1.82, 2.24) is 13.9 Å². The fourth-order valence-electron chi connectivity index (χ4n) is 2.92. The largest absolute Gasteiger partial charge is 0.339 e. The quantitative estimate of drug-likeness (QED) is 0.801. The first kappa shape index (κ1) is 15.5. The molecule has 0 radical (unpaired) electrons. The number of sulfonamides is 1. The average Bonchev–Trinajstić information content (AvgIpc) is 3.14. The van der Waals surface area contributed by atoms with Crippen LogP contribution >= 0.6 is 11.6 Å². The summed E-state index contributed by atoms with van der Waals surface area (Å²) in [4.78, 5) is 3.98. The Morgan fingerprint density at radius 1 is 1.27 bits per heavy atom. The molecule has 0 saturated carbocycles. The number of nitrogens with zero attached hydrogens (tertiary/aromatic N) is 3. The molecule has 0 spiro atoms. The normalized spacial score (nSPS) is 23.0. The molecule has 7 heteroatoms. The summed E-state index contributed by atoms with van der Waals surface area (Å²) >= 11 is 6.08. The summed E-state index contributed by atoms with van der Waals surface area (Å²) in [6.07, 6.45) is 3.03. The maximum absolute atomic E-state index is 12.7. The molecule has 2 atom stereocenters. The first-order valence-electron chi connectivity index (χ1n) is 7.11. The molecule has 1 aromatic carbocycles. The Morgan fingerprint density at radius 3 is 2.59 bits per heavy atom. The van der Waals surface area contributed by atoms with Gasteiger partial charge in [-0.1, -0.05) is 30.3 Å². The Kier molecular flexibility index (Phi) is 4.25. The van der Waals surface area contributed by atoms with Gasteiger partial charge in [-0.2, -0.15) is 4.31 Å². The minimum absolute atomic E-state index is 0.0945. The van der Waals surface area contributed by atoms with Gasteiger partial charge in [0.1, 0.15) is 0 Å². The van der Waals surface area contributed by atoms with Crippen LogP contribution in [-0.4, -0.2) is 41.2 Å². The average molecular weight is 340 g/mol. The number of hydrogen-bond donors (Lipinski definition) is 0. The Labute approximate surface area is 135 Å². The van der Waals surface area contributed by atoms with Crippen LogP contribution in [0.1, 0.15) is 11.5 Å². The number of aryl methyl sites for hydroxylation is 1.